The summed E-state index contributed by atoms with van der Waals surface area (Å²) in [5.74, 6) is -4.18. The molecule has 0 aliphatic heterocycles. The van der Waals surface area contributed by atoms with Crippen LogP contribution in [-0.4, -0.2) is 69.6 Å². The highest BCUT2D eigenvalue weighted by atomic mass is 32.1. The van der Waals surface area contributed by atoms with Gasteiger partial charge in [0.2, 0.25) is 23.6 Å². The minimum Gasteiger partial charge on any atom is -0.480 e. The van der Waals surface area contributed by atoms with E-state index in [1.807, 2.05) is 24.3 Å². The Kier molecular flexibility index (Phi) is 10.1. The number of primary amides is 1. The fraction of sp³-hybridized carbons (Fsp3) is 0.409. The molecule has 12 nitrogen and oxygen atoms in total. The number of nitrogens with two attached hydrogens (primary N) is 2. The quantitative estimate of drug-likeness (QED) is 0.155. The van der Waals surface area contributed by atoms with Crippen molar-refractivity contribution in [3.63, 3.8) is 0 Å². The van der Waals surface area contributed by atoms with Crippen molar-refractivity contribution in [3.8, 4) is 0 Å². The first-order valence-corrected chi connectivity index (χ1v) is 11.5. The van der Waals surface area contributed by atoms with E-state index >= 15 is 0 Å². The van der Waals surface area contributed by atoms with Crippen LogP contribution in [0.4, 0.5) is 0 Å². The number of H-pyrrole nitrogens is 1. The van der Waals surface area contributed by atoms with Gasteiger partial charge in [0.15, 0.2) is 0 Å². The van der Waals surface area contributed by atoms with Gasteiger partial charge in [-0.25, -0.2) is 4.79 Å². The third-order valence-electron chi connectivity index (χ3n) is 5.26. The average molecular weight is 507 g/mol. The molecule has 0 aliphatic rings. The van der Waals surface area contributed by atoms with Gasteiger partial charge in [0, 0.05) is 35.7 Å². The number of aliphatic carboxylic acids is 1. The van der Waals surface area contributed by atoms with E-state index < -0.39 is 53.8 Å². The number of thiol groups is 1. The van der Waals surface area contributed by atoms with Gasteiger partial charge in [-0.05, 0) is 25.0 Å². The number of rotatable bonds is 13. The highest BCUT2D eigenvalue weighted by Crippen LogP contribution is 2.19. The largest absolute Gasteiger partial charge is 0.480 e. The topological polar surface area (TPSA) is 209 Å². The summed E-state index contributed by atoms with van der Waals surface area (Å²) in [6.45, 7) is 1.45. The molecule has 4 atom stereocenters. The Hall–Kier alpha value is -3.58. The molecule has 4 unspecified atom stereocenters. The van der Waals surface area contributed by atoms with E-state index in [4.69, 9.17) is 11.5 Å². The number of carbonyl (C=O) groups excluding carboxylic acids is 4. The molecule has 35 heavy (non-hydrogen) atoms. The lowest BCUT2D eigenvalue weighted by Gasteiger charge is -2.24. The van der Waals surface area contributed by atoms with E-state index in [0.29, 0.717) is 5.56 Å². The highest BCUT2D eigenvalue weighted by molar-refractivity contribution is 7.80. The Morgan fingerprint density at radius 1 is 1.00 bits per heavy atom. The van der Waals surface area contributed by atoms with Gasteiger partial charge in [-0.3, -0.25) is 19.2 Å². The fourth-order valence-electron chi connectivity index (χ4n) is 3.32. The van der Waals surface area contributed by atoms with Crippen molar-refractivity contribution in [2.24, 2.45) is 11.5 Å². The van der Waals surface area contributed by atoms with Crippen molar-refractivity contribution in [1.82, 2.24) is 20.9 Å². The van der Waals surface area contributed by atoms with Gasteiger partial charge in [-0.15, -0.1) is 0 Å². The first-order valence-electron chi connectivity index (χ1n) is 10.9. The molecule has 1 aromatic heterocycles. The molecule has 13 heteroatoms. The molecule has 0 spiro atoms. The third-order valence-corrected chi connectivity index (χ3v) is 5.62. The van der Waals surface area contributed by atoms with E-state index in [2.05, 4.69) is 33.6 Å². The van der Waals surface area contributed by atoms with E-state index in [1.165, 1.54) is 6.92 Å². The van der Waals surface area contributed by atoms with Gasteiger partial charge in [-0.2, -0.15) is 12.6 Å². The summed E-state index contributed by atoms with van der Waals surface area (Å²) in [7, 11) is 0. The standard InChI is InChI=1S/C22H30N6O6S/c1-11(23)19(30)28-17(10-35)21(32)27-16(8-12-9-25-14-5-3-2-4-13(12)14)20(31)26-15(22(33)34)6-7-18(24)29/h2-5,9,11,15-17,25,35H,6-8,10,23H2,1H3,(H2,24,29)(H,26,31)(H,27,32)(H,28,30)(H,33,34). The molecule has 4 amide bonds. The number of hydrogen-bond donors (Lipinski definition) is 8. The van der Waals surface area contributed by atoms with Gasteiger partial charge in [-0.1, -0.05) is 18.2 Å². The number of hydrogen-bond acceptors (Lipinski definition) is 7. The molecule has 1 aromatic carbocycles. The summed E-state index contributed by atoms with van der Waals surface area (Å²) < 4.78 is 0. The summed E-state index contributed by atoms with van der Waals surface area (Å²) in [5.41, 5.74) is 12.2. The van der Waals surface area contributed by atoms with Crippen LogP contribution in [-0.2, 0) is 30.4 Å². The maximum absolute atomic E-state index is 13.1. The normalized spacial score (nSPS) is 14.4. The second-order valence-electron chi connectivity index (χ2n) is 8.06. The molecule has 0 fully saturated rings. The lowest BCUT2D eigenvalue weighted by molar-refractivity contribution is -0.142. The summed E-state index contributed by atoms with van der Waals surface area (Å²) in [4.78, 5) is 63.7. The highest BCUT2D eigenvalue weighted by Gasteiger charge is 2.30. The molecule has 0 saturated heterocycles. The SMILES string of the molecule is CC(N)C(=O)NC(CS)C(=O)NC(Cc1c[nH]c2ccccc12)C(=O)NC(CCC(N)=O)C(=O)O. The molecule has 0 bridgehead atoms. The minimum absolute atomic E-state index is 0.0181. The second kappa shape index (κ2) is 12.8. The van der Waals surface area contributed by atoms with Crippen LogP contribution in [0.1, 0.15) is 25.3 Å². The molecule has 0 radical (unpaired) electrons. The Morgan fingerprint density at radius 2 is 1.60 bits per heavy atom. The Balaban J connectivity index is 2.27. The number of aromatic nitrogens is 1. The lowest BCUT2D eigenvalue weighted by Crippen LogP contribution is -2.58. The third kappa shape index (κ3) is 8.00. The van der Waals surface area contributed by atoms with Crippen LogP contribution in [0.25, 0.3) is 10.9 Å². The summed E-state index contributed by atoms with van der Waals surface area (Å²) in [5, 5.41) is 17.6. The number of benzene rings is 1. The van der Waals surface area contributed by atoms with E-state index in [9.17, 15) is 29.1 Å². The van der Waals surface area contributed by atoms with Gasteiger partial charge in [0.1, 0.15) is 18.1 Å². The van der Waals surface area contributed by atoms with Gasteiger partial charge >= 0.3 is 5.97 Å². The maximum atomic E-state index is 13.1. The molecular weight excluding hydrogens is 476 g/mol. The molecule has 0 saturated carbocycles. The monoisotopic (exact) mass is 506 g/mol. The first-order chi connectivity index (χ1) is 16.5. The number of aromatic amines is 1. The van der Waals surface area contributed by atoms with Crippen LogP contribution in [0.5, 0.6) is 0 Å². The van der Waals surface area contributed by atoms with Crippen LogP contribution >= 0.6 is 12.6 Å². The Morgan fingerprint density at radius 3 is 2.20 bits per heavy atom. The van der Waals surface area contributed by atoms with Crippen molar-refractivity contribution in [2.75, 3.05) is 5.75 Å². The van der Waals surface area contributed by atoms with Crippen LogP contribution in [0.2, 0.25) is 0 Å². The lowest BCUT2D eigenvalue weighted by atomic mass is 10.0. The predicted octanol–water partition coefficient (Wildman–Crippen LogP) is -1.21. The van der Waals surface area contributed by atoms with E-state index in [-0.39, 0.29) is 25.0 Å². The van der Waals surface area contributed by atoms with Crippen molar-refractivity contribution >= 4 is 53.1 Å². The smallest absolute Gasteiger partial charge is 0.326 e. The predicted molar refractivity (Wildman–Crippen MR) is 131 cm³/mol. The number of carboxylic acids is 1. The average Bonchev–Trinajstić information content (AvgIpc) is 3.21. The summed E-state index contributed by atoms with van der Waals surface area (Å²) >= 11 is 4.10. The number of amides is 4. The fourth-order valence-corrected chi connectivity index (χ4v) is 3.57. The maximum Gasteiger partial charge on any atom is 0.326 e. The summed E-state index contributed by atoms with van der Waals surface area (Å²) in [6.07, 6.45) is 1.24. The second-order valence-corrected chi connectivity index (χ2v) is 8.43. The molecule has 2 rings (SSSR count). The molecule has 9 N–H and O–H groups in total. The van der Waals surface area contributed by atoms with Crippen LogP contribution in [0.3, 0.4) is 0 Å². The van der Waals surface area contributed by atoms with Crippen molar-refractivity contribution in [3.05, 3.63) is 36.0 Å². The Labute approximate surface area is 207 Å². The first kappa shape index (κ1) is 27.7. The summed E-state index contributed by atoms with van der Waals surface area (Å²) in [6, 6.07) is 2.79. The molecule has 2 aromatic rings. The number of fused-ring (bicyclic) bond motifs is 1. The van der Waals surface area contributed by atoms with Crippen molar-refractivity contribution < 1.29 is 29.1 Å². The molecule has 0 aliphatic carbocycles. The molecule has 190 valence electrons. The van der Waals surface area contributed by atoms with Crippen LogP contribution < -0.4 is 27.4 Å². The molecular formula is C22H30N6O6S. The van der Waals surface area contributed by atoms with Crippen molar-refractivity contribution in [1.29, 1.82) is 0 Å². The van der Waals surface area contributed by atoms with Gasteiger partial charge in [0.05, 0.1) is 6.04 Å². The zero-order chi connectivity index (χ0) is 26.1. The van der Waals surface area contributed by atoms with Crippen molar-refractivity contribution in [2.45, 2.75) is 50.4 Å². The number of carboxylic acid groups (broad SMARTS) is 1. The van der Waals surface area contributed by atoms with Crippen LogP contribution in [0.15, 0.2) is 30.5 Å². The zero-order valence-corrected chi connectivity index (χ0v) is 20.0. The van der Waals surface area contributed by atoms with E-state index in [1.54, 1.807) is 6.20 Å². The number of para-hydroxylation sites is 1. The Bertz CT molecular complexity index is 1090. The number of nitrogens with one attached hydrogen (secondary N) is 4. The number of carbonyl (C=O) groups is 5. The van der Waals surface area contributed by atoms with Gasteiger partial charge < -0.3 is 37.5 Å². The zero-order valence-electron chi connectivity index (χ0n) is 19.1. The minimum atomic E-state index is -1.39. The molecule has 1 heterocycles. The van der Waals surface area contributed by atoms with E-state index in [0.717, 1.165) is 10.9 Å². The van der Waals surface area contributed by atoms with Gasteiger partial charge in [0.25, 0.3) is 0 Å². The van der Waals surface area contributed by atoms with Crippen LogP contribution in [0, 0.1) is 0 Å².